The average Bonchev–Trinajstić information content (AvgIpc) is 3.84. The van der Waals surface area contributed by atoms with Crippen LogP contribution in [-0.2, 0) is 72.6 Å². The zero-order valence-electron chi connectivity index (χ0n) is 27.2. The molecular formula is C32H45N5O9SY. The standard InChI is InChI=1S/C32H45N5O9S.Y/c1-45-14-2-3-22(38)11-13-37-28(40)17-27(31(37)43)47-18-21(30(35)42)16-26(39)24(33)10-12-36-32(44)46-23-8-4-19(5-9-23)15-25(34)29(41)20-6-7-20;/h4-5,8-9,20-21,24-25,27H,2-3,6-7,10-18,33-34H2,1H3,(H2,35,42)(H,36,44);/t21-,24-,25-,27?;/m0./s1. The van der Waals surface area contributed by atoms with Gasteiger partial charge in [0.2, 0.25) is 17.7 Å². The minimum Gasteiger partial charge on any atom is -0.410 e. The number of ether oxygens (including phenoxy) is 2. The third kappa shape index (κ3) is 13.8. The molecule has 4 atom stereocenters. The summed E-state index contributed by atoms with van der Waals surface area (Å²) in [5.41, 5.74) is 18.4. The number of hydrogen-bond donors (Lipinski definition) is 4. The Morgan fingerprint density at radius 3 is 2.35 bits per heavy atom. The molecule has 2 aliphatic rings. The molecular weight excluding hydrogens is 719 g/mol. The van der Waals surface area contributed by atoms with Crippen LogP contribution in [0.15, 0.2) is 24.3 Å². The van der Waals surface area contributed by atoms with Crippen molar-refractivity contribution in [1.29, 1.82) is 0 Å². The molecule has 3 rings (SSSR count). The van der Waals surface area contributed by atoms with E-state index in [2.05, 4.69) is 5.32 Å². The SMILES string of the molecule is COCCCC(=O)CCN1C(=O)CC(SC[C@H](CC(=O)[C@@H](N)CCNC(=O)Oc2ccc(C[C@H](N)C(=O)C3CC3)cc2)C(N)=O)C1=O.[Y]. The molecule has 1 aromatic carbocycles. The number of imide groups is 1. The van der Waals surface area contributed by atoms with Gasteiger partial charge >= 0.3 is 6.09 Å². The number of nitrogens with two attached hydrogens (primary N) is 3. The summed E-state index contributed by atoms with van der Waals surface area (Å²) in [6.45, 7) is 0.478. The van der Waals surface area contributed by atoms with Crippen molar-refractivity contribution in [3.8, 4) is 5.75 Å². The molecule has 4 amide bonds. The number of benzene rings is 1. The number of carbonyl (C=O) groups excluding carboxylic acids is 7. The number of nitrogens with one attached hydrogen (secondary N) is 1. The van der Waals surface area contributed by atoms with E-state index in [1.807, 2.05) is 0 Å². The minimum atomic E-state index is -0.990. The topological polar surface area (TPSA) is 231 Å². The van der Waals surface area contributed by atoms with E-state index < -0.39 is 52.8 Å². The van der Waals surface area contributed by atoms with E-state index in [9.17, 15) is 33.6 Å². The second kappa shape index (κ2) is 20.8. The predicted molar refractivity (Wildman–Crippen MR) is 173 cm³/mol. The van der Waals surface area contributed by atoms with Crippen molar-refractivity contribution in [2.24, 2.45) is 29.0 Å². The Labute approximate surface area is 309 Å². The van der Waals surface area contributed by atoms with E-state index in [1.54, 1.807) is 31.4 Å². The van der Waals surface area contributed by atoms with Gasteiger partial charge < -0.3 is 32.0 Å². The number of Topliss-reactive ketones (excluding diaryl/α,β-unsaturated/α-hetero) is 3. The number of amides is 4. The van der Waals surface area contributed by atoms with E-state index in [0.717, 1.165) is 35.1 Å². The molecule has 1 radical (unpaired) electrons. The van der Waals surface area contributed by atoms with Crippen LogP contribution in [-0.4, -0.2) is 96.0 Å². The fraction of sp³-hybridized carbons (Fsp3) is 0.594. The number of thioether (sulfide) groups is 1. The fourth-order valence-corrected chi connectivity index (χ4v) is 6.29. The normalized spacial score (nSPS) is 17.6. The summed E-state index contributed by atoms with van der Waals surface area (Å²) >= 11 is 1.07. The molecule has 1 saturated heterocycles. The molecule has 1 aliphatic heterocycles. The van der Waals surface area contributed by atoms with E-state index in [4.69, 9.17) is 26.7 Å². The third-order valence-electron chi connectivity index (χ3n) is 8.04. The Bertz CT molecular complexity index is 1310. The van der Waals surface area contributed by atoms with Crippen molar-refractivity contribution in [2.45, 2.75) is 75.1 Å². The van der Waals surface area contributed by atoms with E-state index >= 15 is 0 Å². The predicted octanol–water partition coefficient (Wildman–Crippen LogP) is 0.646. The first-order chi connectivity index (χ1) is 22.4. The van der Waals surface area contributed by atoms with Crippen LogP contribution in [0.4, 0.5) is 4.79 Å². The molecule has 1 heterocycles. The van der Waals surface area contributed by atoms with Gasteiger partial charge in [-0.05, 0) is 49.8 Å². The van der Waals surface area contributed by atoms with Crippen molar-refractivity contribution in [1.82, 2.24) is 10.2 Å². The van der Waals surface area contributed by atoms with Gasteiger partial charge in [0, 0.05) is 96.9 Å². The van der Waals surface area contributed by atoms with Gasteiger partial charge in [-0.2, -0.15) is 0 Å². The zero-order valence-corrected chi connectivity index (χ0v) is 30.9. The van der Waals surface area contributed by atoms with Crippen molar-refractivity contribution in [3.63, 3.8) is 0 Å². The Morgan fingerprint density at radius 1 is 1.04 bits per heavy atom. The molecule has 16 heteroatoms. The molecule has 0 bridgehead atoms. The Hall–Kier alpha value is -2.56. The molecule has 0 aromatic heterocycles. The number of carbonyl (C=O) groups is 7. The second-order valence-corrected chi connectivity index (χ2v) is 13.1. The van der Waals surface area contributed by atoms with E-state index in [0.29, 0.717) is 25.9 Å². The molecule has 7 N–H and O–H groups in total. The van der Waals surface area contributed by atoms with Crippen LogP contribution in [0.2, 0.25) is 0 Å². The van der Waals surface area contributed by atoms with E-state index in [1.165, 1.54) is 0 Å². The first kappa shape index (κ1) is 41.6. The Kier molecular flexibility index (Phi) is 18.1. The van der Waals surface area contributed by atoms with Gasteiger partial charge in [-0.1, -0.05) is 12.1 Å². The molecule has 1 aliphatic carbocycles. The molecule has 2 fully saturated rings. The van der Waals surface area contributed by atoms with Crippen molar-refractivity contribution in [2.75, 3.05) is 32.6 Å². The summed E-state index contributed by atoms with van der Waals surface area (Å²) in [5, 5.41) is 1.79. The van der Waals surface area contributed by atoms with Gasteiger partial charge in [0.25, 0.3) is 0 Å². The number of methoxy groups -OCH3 is 1. The van der Waals surface area contributed by atoms with Crippen LogP contribution in [0.3, 0.4) is 0 Å². The Balaban J connectivity index is 0.00000800. The molecule has 48 heavy (non-hydrogen) atoms. The summed E-state index contributed by atoms with van der Waals surface area (Å²) in [6.07, 6.45) is 2.13. The first-order valence-electron chi connectivity index (χ1n) is 15.8. The summed E-state index contributed by atoms with van der Waals surface area (Å²) in [7, 11) is 1.54. The third-order valence-corrected chi connectivity index (χ3v) is 9.41. The van der Waals surface area contributed by atoms with Gasteiger partial charge in [-0.3, -0.25) is 33.7 Å². The molecule has 1 unspecified atom stereocenters. The average molecular weight is 765 g/mol. The number of rotatable bonds is 22. The second-order valence-electron chi connectivity index (χ2n) is 11.9. The largest absolute Gasteiger partial charge is 0.412 e. The zero-order chi connectivity index (χ0) is 34.5. The van der Waals surface area contributed by atoms with Crippen LogP contribution in [0.5, 0.6) is 5.75 Å². The molecule has 1 aromatic rings. The number of likely N-dealkylation sites (tertiary alicyclic amines) is 1. The van der Waals surface area contributed by atoms with Crippen molar-refractivity contribution < 1.29 is 75.7 Å². The molecule has 1 saturated carbocycles. The van der Waals surface area contributed by atoms with Gasteiger partial charge in [0.05, 0.1) is 23.3 Å². The quantitative estimate of drug-likeness (QED) is 0.0942. The van der Waals surface area contributed by atoms with Crippen LogP contribution >= 0.6 is 11.8 Å². The van der Waals surface area contributed by atoms with Crippen LogP contribution in [0, 0.1) is 11.8 Å². The van der Waals surface area contributed by atoms with Crippen molar-refractivity contribution in [3.05, 3.63) is 29.8 Å². The van der Waals surface area contributed by atoms with Crippen LogP contribution in [0.1, 0.15) is 56.9 Å². The molecule has 261 valence electrons. The monoisotopic (exact) mass is 764 g/mol. The van der Waals surface area contributed by atoms with Gasteiger partial charge in [-0.15, -0.1) is 11.8 Å². The summed E-state index contributed by atoms with van der Waals surface area (Å²) in [5.74, 6) is -2.51. The smallest absolute Gasteiger partial charge is 0.410 e. The van der Waals surface area contributed by atoms with Crippen LogP contribution in [0.25, 0.3) is 0 Å². The number of primary amides is 1. The van der Waals surface area contributed by atoms with Crippen LogP contribution < -0.4 is 27.3 Å². The maximum atomic E-state index is 12.8. The first-order valence-corrected chi connectivity index (χ1v) is 16.8. The fourth-order valence-electron chi connectivity index (χ4n) is 5.01. The summed E-state index contributed by atoms with van der Waals surface area (Å²) in [4.78, 5) is 87.4. The molecule has 0 spiro atoms. The summed E-state index contributed by atoms with van der Waals surface area (Å²) < 4.78 is 10.2. The Morgan fingerprint density at radius 2 is 1.73 bits per heavy atom. The van der Waals surface area contributed by atoms with Gasteiger partial charge in [-0.25, -0.2) is 4.79 Å². The number of ketones is 3. The maximum absolute atomic E-state index is 12.8. The van der Waals surface area contributed by atoms with E-state index in [-0.39, 0.29) is 100 Å². The van der Waals surface area contributed by atoms with Crippen molar-refractivity contribution >= 4 is 52.9 Å². The van der Waals surface area contributed by atoms with Gasteiger partial charge in [0.15, 0.2) is 5.78 Å². The maximum Gasteiger partial charge on any atom is 0.412 e. The number of hydrogen-bond acceptors (Lipinski definition) is 12. The number of nitrogens with zero attached hydrogens (tertiary/aromatic N) is 1. The van der Waals surface area contributed by atoms with Gasteiger partial charge in [0.1, 0.15) is 17.3 Å². The molecule has 14 nitrogen and oxygen atoms in total. The summed E-state index contributed by atoms with van der Waals surface area (Å²) in [6, 6.07) is 5.11. The minimum absolute atomic E-state index is 0.